The quantitative estimate of drug-likeness (QED) is 0.832. The van der Waals surface area contributed by atoms with Crippen molar-refractivity contribution >= 4 is 0 Å². The standard InChI is InChI=1S/C12H18FNO/c1-7(14)5-10-6-11(13)9(3)12(15-4)8(10)2/h6-7H,5,14H2,1-4H3. The van der Waals surface area contributed by atoms with Crippen molar-refractivity contribution < 1.29 is 9.13 Å². The van der Waals surface area contributed by atoms with Crippen LogP contribution in [0.5, 0.6) is 5.75 Å². The van der Waals surface area contributed by atoms with Crippen LogP contribution in [-0.2, 0) is 6.42 Å². The number of halogens is 1. The first-order chi connectivity index (χ1) is 6.97. The van der Waals surface area contributed by atoms with Crippen molar-refractivity contribution in [2.75, 3.05) is 7.11 Å². The molecule has 2 N–H and O–H groups in total. The van der Waals surface area contributed by atoms with E-state index in [0.717, 1.165) is 11.1 Å². The molecule has 0 saturated heterocycles. The Morgan fingerprint density at radius 2 is 2.00 bits per heavy atom. The summed E-state index contributed by atoms with van der Waals surface area (Å²) in [5.41, 5.74) is 8.17. The molecule has 0 aliphatic rings. The summed E-state index contributed by atoms with van der Waals surface area (Å²) < 4.78 is 18.7. The number of hydrogen-bond acceptors (Lipinski definition) is 2. The number of ether oxygens (including phenoxy) is 1. The summed E-state index contributed by atoms with van der Waals surface area (Å²) in [5.74, 6) is 0.402. The first-order valence-electron chi connectivity index (χ1n) is 5.05. The Kier molecular flexibility index (Phi) is 3.69. The molecule has 1 aromatic rings. The molecule has 84 valence electrons. The summed E-state index contributed by atoms with van der Waals surface area (Å²) >= 11 is 0. The maximum Gasteiger partial charge on any atom is 0.130 e. The highest BCUT2D eigenvalue weighted by Crippen LogP contribution is 2.28. The van der Waals surface area contributed by atoms with Gasteiger partial charge in [0.05, 0.1) is 7.11 Å². The molecule has 0 radical (unpaired) electrons. The predicted octanol–water partition coefficient (Wildman–Crippen LogP) is 2.34. The van der Waals surface area contributed by atoms with E-state index in [1.165, 1.54) is 0 Å². The molecule has 0 bridgehead atoms. The summed E-state index contributed by atoms with van der Waals surface area (Å²) in [5, 5.41) is 0. The van der Waals surface area contributed by atoms with Gasteiger partial charge >= 0.3 is 0 Å². The number of hydrogen-bond donors (Lipinski definition) is 1. The van der Waals surface area contributed by atoms with E-state index >= 15 is 0 Å². The van der Waals surface area contributed by atoms with Gasteiger partial charge in [0, 0.05) is 11.6 Å². The van der Waals surface area contributed by atoms with Crippen molar-refractivity contribution in [2.45, 2.75) is 33.2 Å². The van der Waals surface area contributed by atoms with E-state index in [-0.39, 0.29) is 11.9 Å². The van der Waals surface area contributed by atoms with E-state index < -0.39 is 0 Å². The van der Waals surface area contributed by atoms with Crippen LogP contribution in [0.2, 0.25) is 0 Å². The van der Waals surface area contributed by atoms with Crippen molar-refractivity contribution in [3.8, 4) is 5.75 Å². The molecule has 0 fully saturated rings. The SMILES string of the molecule is COc1c(C)c(F)cc(CC(C)N)c1C. The van der Waals surface area contributed by atoms with Crippen LogP contribution in [0.3, 0.4) is 0 Å². The molecule has 2 nitrogen and oxygen atoms in total. The third-order valence-corrected chi connectivity index (χ3v) is 2.57. The second kappa shape index (κ2) is 4.62. The molecule has 1 rings (SSSR count). The zero-order valence-electron chi connectivity index (χ0n) is 9.73. The van der Waals surface area contributed by atoms with Crippen LogP contribution in [0.15, 0.2) is 6.07 Å². The molecule has 0 saturated carbocycles. The second-order valence-corrected chi connectivity index (χ2v) is 3.98. The highest BCUT2D eigenvalue weighted by molar-refractivity contribution is 5.46. The molecule has 15 heavy (non-hydrogen) atoms. The fourth-order valence-corrected chi connectivity index (χ4v) is 1.77. The Labute approximate surface area is 90.2 Å². The minimum absolute atomic E-state index is 0.0236. The molecular weight excluding hydrogens is 193 g/mol. The van der Waals surface area contributed by atoms with E-state index in [9.17, 15) is 4.39 Å². The van der Waals surface area contributed by atoms with E-state index in [0.29, 0.717) is 17.7 Å². The molecule has 3 heteroatoms. The first kappa shape index (κ1) is 12.0. The number of nitrogens with two attached hydrogens (primary N) is 1. The first-order valence-corrected chi connectivity index (χ1v) is 5.05. The van der Waals surface area contributed by atoms with Crippen molar-refractivity contribution in [3.05, 3.63) is 28.6 Å². The van der Waals surface area contributed by atoms with Crippen LogP contribution < -0.4 is 10.5 Å². The third-order valence-electron chi connectivity index (χ3n) is 2.57. The smallest absolute Gasteiger partial charge is 0.130 e. The fraction of sp³-hybridized carbons (Fsp3) is 0.500. The van der Waals surface area contributed by atoms with Gasteiger partial charge in [-0.1, -0.05) is 0 Å². The normalized spacial score (nSPS) is 12.7. The van der Waals surface area contributed by atoms with Gasteiger partial charge in [0.1, 0.15) is 11.6 Å². The van der Waals surface area contributed by atoms with Gasteiger partial charge in [0.15, 0.2) is 0 Å². The van der Waals surface area contributed by atoms with Gasteiger partial charge in [-0.15, -0.1) is 0 Å². The Balaban J connectivity index is 3.24. The number of benzene rings is 1. The molecule has 0 heterocycles. The van der Waals surface area contributed by atoms with Crippen LogP contribution in [0.1, 0.15) is 23.6 Å². The van der Waals surface area contributed by atoms with E-state index in [1.807, 2.05) is 13.8 Å². The summed E-state index contributed by atoms with van der Waals surface area (Å²) in [7, 11) is 1.56. The topological polar surface area (TPSA) is 35.2 Å². The maximum atomic E-state index is 13.5. The van der Waals surface area contributed by atoms with Crippen LogP contribution in [0.4, 0.5) is 4.39 Å². The molecule has 1 unspecified atom stereocenters. The monoisotopic (exact) mass is 211 g/mol. The molecule has 0 aromatic heterocycles. The second-order valence-electron chi connectivity index (χ2n) is 3.98. The van der Waals surface area contributed by atoms with Gasteiger partial charge in [-0.3, -0.25) is 0 Å². The largest absolute Gasteiger partial charge is 0.496 e. The molecule has 1 atom stereocenters. The zero-order valence-corrected chi connectivity index (χ0v) is 9.73. The Hall–Kier alpha value is -1.09. The molecule has 0 amide bonds. The Morgan fingerprint density at radius 1 is 1.40 bits per heavy atom. The van der Waals surface area contributed by atoms with Crippen molar-refractivity contribution in [3.63, 3.8) is 0 Å². The number of methoxy groups -OCH3 is 1. The molecule has 0 aliphatic carbocycles. The Morgan fingerprint density at radius 3 is 2.47 bits per heavy atom. The van der Waals surface area contributed by atoms with Gasteiger partial charge in [-0.25, -0.2) is 4.39 Å². The summed E-state index contributed by atoms with van der Waals surface area (Å²) in [6.45, 7) is 5.56. The summed E-state index contributed by atoms with van der Waals surface area (Å²) in [6, 6.07) is 1.58. The Bertz CT molecular complexity index is 361. The minimum atomic E-state index is -0.229. The summed E-state index contributed by atoms with van der Waals surface area (Å²) in [6.07, 6.45) is 0.666. The molecule has 0 aliphatic heterocycles. The molecular formula is C12H18FNO. The highest BCUT2D eigenvalue weighted by Gasteiger charge is 2.13. The predicted molar refractivity (Wildman–Crippen MR) is 59.8 cm³/mol. The fourth-order valence-electron chi connectivity index (χ4n) is 1.77. The van der Waals surface area contributed by atoms with Crippen LogP contribution in [0, 0.1) is 19.7 Å². The lowest BCUT2D eigenvalue weighted by Crippen LogP contribution is -2.18. The van der Waals surface area contributed by atoms with Gasteiger partial charge in [0.2, 0.25) is 0 Å². The molecule has 0 spiro atoms. The lowest BCUT2D eigenvalue weighted by molar-refractivity contribution is 0.403. The maximum absolute atomic E-state index is 13.5. The molecule has 1 aromatic carbocycles. The average molecular weight is 211 g/mol. The van der Waals surface area contributed by atoms with E-state index in [1.54, 1.807) is 20.1 Å². The van der Waals surface area contributed by atoms with Crippen LogP contribution in [-0.4, -0.2) is 13.2 Å². The van der Waals surface area contributed by atoms with Crippen LogP contribution in [0.25, 0.3) is 0 Å². The highest BCUT2D eigenvalue weighted by atomic mass is 19.1. The van der Waals surface area contributed by atoms with Crippen molar-refractivity contribution in [1.29, 1.82) is 0 Å². The average Bonchev–Trinajstić information content (AvgIpc) is 2.14. The zero-order chi connectivity index (χ0) is 11.6. The van der Waals surface area contributed by atoms with Gasteiger partial charge < -0.3 is 10.5 Å². The van der Waals surface area contributed by atoms with Gasteiger partial charge in [-0.2, -0.15) is 0 Å². The van der Waals surface area contributed by atoms with E-state index in [4.69, 9.17) is 10.5 Å². The minimum Gasteiger partial charge on any atom is -0.496 e. The van der Waals surface area contributed by atoms with E-state index in [2.05, 4.69) is 0 Å². The van der Waals surface area contributed by atoms with Gasteiger partial charge in [0.25, 0.3) is 0 Å². The van der Waals surface area contributed by atoms with Gasteiger partial charge in [-0.05, 0) is 44.4 Å². The lowest BCUT2D eigenvalue weighted by atomic mass is 9.98. The third kappa shape index (κ3) is 2.48. The number of rotatable bonds is 3. The van der Waals surface area contributed by atoms with Crippen molar-refractivity contribution in [1.82, 2.24) is 0 Å². The van der Waals surface area contributed by atoms with Crippen molar-refractivity contribution in [2.24, 2.45) is 5.73 Å². The van der Waals surface area contributed by atoms with Crippen LogP contribution >= 0.6 is 0 Å². The lowest BCUT2D eigenvalue weighted by Gasteiger charge is -2.15. The summed E-state index contributed by atoms with van der Waals surface area (Å²) in [4.78, 5) is 0.